The summed E-state index contributed by atoms with van der Waals surface area (Å²) in [6.45, 7) is 6.46. The van der Waals surface area contributed by atoms with Crippen molar-refractivity contribution in [1.82, 2.24) is 0 Å². The van der Waals surface area contributed by atoms with E-state index >= 15 is 0 Å². The highest BCUT2D eigenvalue weighted by Gasteiger charge is 2.28. The van der Waals surface area contributed by atoms with Gasteiger partial charge in [0.05, 0.1) is 0 Å². The molecule has 2 fully saturated rings. The van der Waals surface area contributed by atoms with Gasteiger partial charge < -0.3 is 10.2 Å². The summed E-state index contributed by atoms with van der Waals surface area (Å²) >= 11 is 0. The highest BCUT2D eigenvalue weighted by molar-refractivity contribution is 5.55. The van der Waals surface area contributed by atoms with E-state index in [9.17, 15) is 10.2 Å². The van der Waals surface area contributed by atoms with Crippen LogP contribution in [0, 0.1) is 13.8 Å². The molecular formula is C29H40O2. The van der Waals surface area contributed by atoms with E-state index in [0.29, 0.717) is 23.3 Å². The van der Waals surface area contributed by atoms with Crippen molar-refractivity contribution in [3.8, 4) is 11.5 Å². The van der Waals surface area contributed by atoms with Gasteiger partial charge in [0.15, 0.2) is 0 Å². The molecule has 31 heavy (non-hydrogen) atoms. The van der Waals surface area contributed by atoms with Gasteiger partial charge in [-0.1, -0.05) is 80.8 Å². The fourth-order valence-electron chi connectivity index (χ4n) is 6.26. The average Bonchev–Trinajstić information content (AvgIpc) is 2.79. The molecule has 4 rings (SSSR count). The van der Waals surface area contributed by atoms with Crippen molar-refractivity contribution in [3.05, 3.63) is 57.6 Å². The molecule has 2 aliphatic rings. The van der Waals surface area contributed by atoms with Gasteiger partial charge in [-0.05, 0) is 68.9 Å². The van der Waals surface area contributed by atoms with Gasteiger partial charge >= 0.3 is 0 Å². The SMILES string of the molecule is CCC(c1cc(C)cc(C2CCCCC2)c1O)c1cc(C)cc(C2CCCCC2)c1O. The minimum atomic E-state index is 0.0180. The number of hydrogen-bond donors (Lipinski definition) is 2. The Labute approximate surface area is 188 Å². The van der Waals surface area contributed by atoms with Crippen LogP contribution in [0.25, 0.3) is 0 Å². The Hall–Kier alpha value is -1.96. The average molecular weight is 421 g/mol. The van der Waals surface area contributed by atoms with Crippen LogP contribution in [0.3, 0.4) is 0 Å². The maximum Gasteiger partial charge on any atom is 0.122 e. The maximum absolute atomic E-state index is 11.4. The van der Waals surface area contributed by atoms with Crippen molar-refractivity contribution in [2.45, 2.75) is 109 Å². The van der Waals surface area contributed by atoms with Crippen molar-refractivity contribution < 1.29 is 10.2 Å². The zero-order chi connectivity index (χ0) is 22.0. The molecule has 0 spiro atoms. The highest BCUT2D eigenvalue weighted by atomic mass is 16.3. The molecule has 2 N–H and O–H groups in total. The highest BCUT2D eigenvalue weighted by Crippen LogP contribution is 2.47. The molecule has 168 valence electrons. The van der Waals surface area contributed by atoms with E-state index in [1.54, 1.807) is 0 Å². The van der Waals surface area contributed by atoms with E-state index in [2.05, 4.69) is 45.0 Å². The minimum absolute atomic E-state index is 0.0180. The Morgan fingerprint density at radius 1 is 0.677 bits per heavy atom. The van der Waals surface area contributed by atoms with Crippen LogP contribution in [0.4, 0.5) is 0 Å². The quantitative estimate of drug-likeness (QED) is 0.510. The second kappa shape index (κ2) is 9.67. The number of phenolic OH excluding ortho intramolecular Hbond substituents is 2. The van der Waals surface area contributed by atoms with E-state index in [-0.39, 0.29) is 5.92 Å². The van der Waals surface area contributed by atoms with Crippen LogP contribution in [0.1, 0.15) is 129 Å². The van der Waals surface area contributed by atoms with Crippen LogP contribution in [-0.2, 0) is 0 Å². The topological polar surface area (TPSA) is 40.5 Å². The molecule has 0 aromatic heterocycles. The Kier molecular flexibility index (Phi) is 6.94. The van der Waals surface area contributed by atoms with Gasteiger partial charge in [-0.25, -0.2) is 0 Å². The summed E-state index contributed by atoms with van der Waals surface area (Å²) in [7, 11) is 0. The van der Waals surface area contributed by atoms with Crippen LogP contribution in [0.5, 0.6) is 11.5 Å². The molecule has 0 unspecified atom stereocenters. The molecule has 2 nitrogen and oxygen atoms in total. The van der Waals surface area contributed by atoms with Gasteiger partial charge in [-0.15, -0.1) is 0 Å². The summed E-state index contributed by atoms with van der Waals surface area (Å²) in [6.07, 6.45) is 13.2. The van der Waals surface area contributed by atoms with Crippen LogP contribution in [0.2, 0.25) is 0 Å². The van der Waals surface area contributed by atoms with Gasteiger partial charge in [0, 0.05) is 17.0 Å². The number of benzene rings is 2. The van der Waals surface area contributed by atoms with Crippen molar-refractivity contribution in [1.29, 1.82) is 0 Å². The standard InChI is InChI=1S/C29H40O2/c1-4-23(26-17-19(2)15-24(28(26)30)21-11-7-5-8-12-21)27-18-20(3)16-25(29(27)31)22-13-9-6-10-14-22/h15-18,21-23,30-31H,4-14H2,1-3H3. The van der Waals surface area contributed by atoms with Crippen LogP contribution in [0.15, 0.2) is 24.3 Å². The Morgan fingerprint density at radius 2 is 1.06 bits per heavy atom. The summed E-state index contributed by atoms with van der Waals surface area (Å²) in [4.78, 5) is 0. The lowest BCUT2D eigenvalue weighted by atomic mass is 9.77. The number of aromatic hydroxyl groups is 2. The van der Waals surface area contributed by atoms with Gasteiger partial charge in [0.2, 0.25) is 0 Å². The number of phenols is 2. The molecule has 0 atom stereocenters. The van der Waals surface area contributed by atoms with E-state index in [4.69, 9.17) is 0 Å². The van der Waals surface area contributed by atoms with E-state index in [1.165, 1.54) is 75.3 Å². The van der Waals surface area contributed by atoms with E-state index in [0.717, 1.165) is 28.7 Å². The fourth-order valence-corrected chi connectivity index (χ4v) is 6.26. The number of hydrogen-bond acceptors (Lipinski definition) is 2. The van der Waals surface area contributed by atoms with Gasteiger partial charge in [-0.2, -0.15) is 0 Å². The smallest absolute Gasteiger partial charge is 0.122 e. The third kappa shape index (κ3) is 4.64. The number of aryl methyl sites for hydroxylation is 2. The molecule has 2 aromatic carbocycles. The molecule has 2 aliphatic carbocycles. The van der Waals surface area contributed by atoms with Gasteiger partial charge in [0.1, 0.15) is 11.5 Å². The largest absolute Gasteiger partial charge is 0.507 e. The van der Waals surface area contributed by atoms with Crippen LogP contribution in [-0.4, -0.2) is 10.2 Å². The normalized spacial score (nSPS) is 18.6. The second-order valence-electron chi connectivity index (χ2n) is 10.2. The first-order valence-corrected chi connectivity index (χ1v) is 12.7. The third-order valence-corrected chi connectivity index (χ3v) is 7.88. The summed E-state index contributed by atoms with van der Waals surface area (Å²) in [5, 5.41) is 22.8. The predicted octanol–water partition coefficient (Wildman–Crippen LogP) is 8.35. The predicted molar refractivity (Wildman–Crippen MR) is 129 cm³/mol. The van der Waals surface area contributed by atoms with Crippen molar-refractivity contribution >= 4 is 0 Å². The Balaban J connectivity index is 1.77. The van der Waals surface area contributed by atoms with Crippen molar-refractivity contribution in [3.63, 3.8) is 0 Å². The lowest BCUT2D eigenvalue weighted by Gasteiger charge is -2.28. The van der Waals surface area contributed by atoms with Crippen LogP contribution >= 0.6 is 0 Å². The van der Waals surface area contributed by atoms with Crippen molar-refractivity contribution in [2.75, 3.05) is 0 Å². The monoisotopic (exact) mass is 420 g/mol. The molecular weight excluding hydrogens is 380 g/mol. The van der Waals surface area contributed by atoms with Gasteiger partial charge in [0.25, 0.3) is 0 Å². The Bertz CT molecular complexity index is 828. The first-order chi connectivity index (χ1) is 15.0. The zero-order valence-corrected chi connectivity index (χ0v) is 19.7. The van der Waals surface area contributed by atoms with Gasteiger partial charge in [-0.3, -0.25) is 0 Å². The summed E-state index contributed by atoms with van der Waals surface area (Å²) in [5.41, 5.74) is 6.69. The number of rotatable bonds is 5. The Morgan fingerprint density at radius 3 is 1.42 bits per heavy atom. The molecule has 2 heteroatoms. The first kappa shape index (κ1) is 22.2. The first-order valence-electron chi connectivity index (χ1n) is 12.7. The fraction of sp³-hybridized carbons (Fsp3) is 0.586. The maximum atomic E-state index is 11.4. The molecule has 0 amide bonds. The molecule has 0 bridgehead atoms. The third-order valence-electron chi connectivity index (χ3n) is 7.88. The molecule has 2 saturated carbocycles. The molecule has 0 heterocycles. The van der Waals surface area contributed by atoms with E-state index < -0.39 is 0 Å². The lowest BCUT2D eigenvalue weighted by molar-refractivity contribution is 0.404. The zero-order valence-electron chi connectivity index (χ0n) is 19.7. The summed E-state index contributed by atoms with van der Waals surface area (Å²) in [5.74, 6) is 1.90. The van der Waals surface area contributed by atoms with Crippen molar-refractivity contribution in [2.24, 2.45) is 0 Å². The summed E-state index contributed by atoms with van der Waals surface area (Å²) in [6, 6.07) is 8.70. The molecule has 2 aromatic rings. The lowest BCUT2D eigenvalue weighted by Crippen LogP contribution is -2.10. The molecule has 0 saturated heterocycles. The minimum Gasteiger partial charge on any atom is -0.507 e. The second-order valence-corrected chi connectivity index (χ2v) is 10.2. The molecule has 0 aliphatic heterocycles. The van der Waals surface area contributed by atoms with Crippen LogP contribution < -0.4 is 0 Å². The van der Waals surface area contributed by atoms with E-state index in [1.807, 2.05) is 0 Å². The molecule has 0 radical (unpaired) electrons. The summed E-state index contributed by atoms with van der Waals surface area (Å²) < 4.78 is 0.